The van der Waals surface area contributed by atoms with Crippen LogP contribution < -0.4 is 10.6 Å². The van der Waals surface area contributed by atoms with Crippen LogP contribution in [0.5, 0.6) is 0 Å². The van der Waals surface area contributed by atoms with Gasteiger partial charge in [0.15, 0.2) is 0 Å². The molecule has 0 aliphatic carbocycles. The molecule has 7 heteroatoms. The van der Waals surface area contributed by atoms with Crippen LogP contribution in [0, 0.1) is 11.8 Å². The summed E-state index contributed by atoms with van der Waals surface area (Å²) < 4.78 is 0. The second-order valence-corrected chi connectivity index (χ2v) is 8.38. The molecule has 2 fully saturated rings. The van der Waals surface area contributed by atoms with Gasteiger partial charge < -0.3 is 15.5 Å². The second-order valence-electron chi connectivity index (χ2n) is 7.94. The minimum atomic E-state index is 0.583. The number of nitrogens with zero attached hydrogens (tertiary/aromatic N) is 5. The van der Waals surface area contributed by atoms with Gasteiger partial charge in [-0.15, -0.1) is 0 Å². The third kappa shape index (κ3) is 5.47. The first-order chi connectivity index (χ1) is 13.4. The molecule has 1 aromatic rings. The highest BCUT2D eigenvalue weighted by molar-refractivity contribution is 6.30. The molecule has 28 heavy (non-hydrogen) atoms. The first-order valence-corrected chi connectivity index (χ1v) is 10.5. The number of piperidine rings is 2. The van der Waals surface area contributed by atoms with Crippen LogP contribution in [-0.4, -0.2) is 46.9 Å². The minimum absolute atomic E-state index is 0.583. The molecule has 0 aromatic carbocycles. The van der Waals surface area contributed by atoms with E-state index in [0.29, 0.717) is 5.02 Å². The fourth-order valence-corrected chi connectivity index (χ4v) is 4.33. The minimum Gasteiger partial charge on any atom is -0.402 e. The van der Waals surface area contributed by atoms with Gasteiger partial charge in [-0.05, 0) is 57.4 Å². The van der Waals surface area contributed by atoms with Crippen LogP contribution in [0.3, 0.4) is 0 Å². The van der Waals surface area contributed by atoms with Crippen molar-refractivity contribution < 1.29 is 0 Å². The zero-order chi connectivity index (χ0) is 20.1. The van der Waals surface area contributed by atoms with Gasteiger partial charge in [-0.2, -0.15) is 0 Å². The molecule has 6 nitrogen and oxygen atoms in total. The van der Waals surface area contributed by atoms with E-state index in [1.165, 1.54) is 25.7 Å². The maximum absolute atomic E-state index is 5.89. The molecule has 0 atom stereocenters. The van der Waals surface area contributed by atoms with Crippen LogP contribution in [0.4, 0.5) is 5.95 Å². The van der Waals surface area contributed by atoms with E-state index in [0.717, 1.165) is 61.2 Å². The molecule has 3 rings (SSSR count). The molecule has 0 bridgehead atoms. The number of allylic oxidation sites excluding steroid dienone is 2. The Morgan fingerprint density at radius 3 is 2.14 bits per heavy atom. The van der Waals surface area contributed by atoms with E-state index in [1.807, 2.05) is 19.9 Å². The van der Waals surface area contributed by atoms with Crippen LogP contribution in [0.1, 0.15) is 39.5 Å². The van der Waals surface area contributed by atoms with Crippen molar-refractivity contribution in [2.24, 2.45) is 22.6 Å². The summed E-state index contributed by atoms with van der Waals surface area (Å²) in [4.78, 5) is 17.9. The van der Waals surface area contributed by atoms with E-state index in [4.69, 9.17) is 17.3 Å². The Labute approximate surface area is 173 Å². The lowest BCUT2D eigenvalue weighted by Crippen LogP contribution is -2.43. The van der Waals surface area contributed by atoms with Crippen molar-refractivity contribution >= 4 is 23.4 Å². The Morgan fingerprint density at radius 2 is 1.64 bits per heavy atom. The van der Waals surface area contributed by atoms with Crippen molar-refractivity contribution in [1.82, 2.24) is 14.9 Å². The first-order valence-electron chi connectivity index (χ1n) is 10.1. The van der Waals surface area contributed by atoms with E-state index >= 15 is 0 Å². The Morgan fingerprint density at radius 1 is 1.11 bits per heavy atom. The summed E-state index contributed by atoms with van der Waals surface area (Å²) in [6.45, 7) is 11.8. The molecular formula is C21H31ClN6. The van der Waals surface area contributed by atoms with Gasteiger partial charge >= 0.3 is 0 Å². The lowest BCUT2D eigenvalue weighted by Gasteiger charge is -2.40. The largest absolute Gasteiger partial charge is 0.402 e. The van der Waals surface area contributed by atoms with E-state index < -0.39 is 0 Å². The van der Waals surface area contributed by atoms with E-state index in [1.54, 1.807) is 12.4 Å². The van der Waals surface area contributed by atoms with Crippen molar-refractivity contribution in [2.45, 2.75) is 39.5 Å². The van der Waals surface area contributed by atoms with Crippen LogP contribution in [0.2, 0.25) is 5.02 Å². The molecule has 0 saturated carbocycles. The van der Waals surface area contributed by atoms with Gasteiger partial charge in [0.2, 0.25) is 5.95 Å². The average Bonchev–Trinajstić information content (AvgIpc) is 2.68. The number of anilines is 1. The normalized spacial score (nSPS) is 20.5. The van der Waals surface area contributed by atoms with Crippen molar-refractivity contribution in [3.05, 3.63) is 41.5 Å². The van der Waals surface area contributed by atoms with Gasteiger partial charge in [-0.1, -0.05) is 18.2 Å². The summed E-state index contributed by atoms with van der Waals surface area (Å²) in [5.74, 6) is 3.29. The zero-order valence-corrected chi connectivity index (χ0v) is 17.7. The molecule has 1 aromatic heterocycles. The van der Waals surface area contributed by atoms with Crippen molar-refractivity contribution in [1.29, 1.82) is 0 Å². The summed E-state index contributed by atoms with van der Waals surface area (Å²) in [6.07, 6.45) is 10.1. The maximum Gasteiger partial charge on any atom is 0.225 e. The Bertz CT molecular complexity index is 722. The molecule has 0 unspecified atom stereocenters. The van der Waals surface area contributed by atoms with Gasteiger partial charge in [0.1, 0.15) is 5.84 Å². The molecule has 2 aliphatic heterocycles. The number of amidine groups is 1. The summed E-state index contributed by atoms with van der Waals surface area (Å²) in [6, 6.07) is 0. The first kappa shape index (κ1) is 20.6. The molecule has 0 amide bonds. The Kier molecular flexibility index (Phi) is 6.94. The smallest absolute Gasteiger partial charge is 0.225 e. The van der Waals surface area contributed by atoms with E-state index in [2.05, 4.69) is 31.3 Å². The topological polar surface area (TPSA) is 70.6 Å². The highest BCUT2D eigenvalue weighted by Gasteiger charge is 2.30. The molecule has 2 saturated heterocycles. The third-order valence-electron chi connectivity index (χ3n) is 5.62. The quantitative estimate of drug-likeness (QED) is 0.611. The van der Waals surface area contributed by atoms with Gasteiger partial charge in [0.25, 0.3) is 0 Å². The number of nitrogens with two attached hydrogens (primary N) is 1. The van der Waals surface area contributed by atoms with Crippen LogP contribution >= 0.6 is 11.6 Å². The molecule has 0 spiro atoms. The van der Waals surface area contributed by atoms with Crippen molar-refractivity contribution in [3.8, 4) is 0 Å². The Balaban J connectivity index is 1.52. The summed E-state index contributed by atoms with van der Waals surface area (Å²) in [7, 11) is 0. The lowest BCUT2D eigenvalue weighted by atomic mass is 9.79. The molecule has 152 valence electrons. The number of likely N-dealkylation sites (tertiary alicyclic amines) is 1. The van der Waals surface area contributed by atoms with Crippen LogP contribution in [0.25, 0.3) is 0 Å². The number of aromatic nitrogens is 2. The highest BCUT2D eigenvalue weighted by atomic mass is 35.5. The van der Waals surface area contributed by atoms with Crippen LogP contribution in [0.15, 0.2) is 41.4 Å². The monoisotopic (exact) mass is 402 g/mol. The number of hydrogen-bond acceptors (Lipinski definition) is 5. The number of aliphatic imine (C=N–C) groups is 1. The van der Waals surface area contributed by atoms with Crippen LogP contribution in [-0.2, 0) is 0 Å². The number of halogens is 1. The molecular weight excluding hydrogens is 372 g/mol. The fraction of sp³-hybridized carbons (Fsp3) is 0.571. The maximum atomic E-state index is 5.89. The van der Waals surface area contributed by atoms with Crippen molar-refractivity contribution in [3.63, 3.8) is 0 Å². The zero-order valence-electron chi connectivity index (χ0n) is 16.9. The van der Waals surface area contributed by atoms with Gasteiger partial charge in [-0.3, -0.25) is 0 Å². The van der Waals surface area contributed by atoms with Crippen molar-refractivity contribution in [2.75, 3.05) is 31.1 Å². The summed E-state index contributed by atoms with van der Waals surface area (Å²) in [5.41, 5.74) is 7.48. The molecule has 3 heterocycles. The SMILES string of the molecule is C=C(C)/N=C(\C=C(\C)N)N1CCC(C2CCN(c3ncc(Cl)cn3)CC2)CC1. The molecule has 0 radical (unpaired) electrons. The predicted octanol–water partition coefficient (Wildman–Crippen LogP) is 3.85. The van der Waals surface area contributed by atoms with Gasteiger partial charge in [-0.25, -0.2) is 15.0 Å². The third-order valence-corrected chi connectivity index (χ3v) is 5.82. The lowest BCUT2D eigenvalue weighted by molar-refractivity contribution is 0.178. The predicted molar refractivity (Wildman–Crippen MR) is 116 cm³/mol. The summed E-state index contributed by atoms with van der Waals surface area (Å²) >= 11 is 5.89. The average molecular weight is 403 g/mol. The number of hydrogen-bond donors (Lipinski definition) is 1. The van der Waals surface area contributed by atoms with Gasteiger partial charge in [0.05, 0.1) is 17.4 Å². The fourth-order valence-electron chi connectivity index (χ4n) is 4.23. The number of rotatable bonds is 4. The Hall–Kier alpha value is -2.08. The standard InChI is InChI=1S/C21H31ClN6/c1-15(2)26-20(12-16(3)23)27-8-4-17(5-9-27)18-6-10-28(11-7-18)21-24-13-19(22)14-25-21/h12-14,17-18H,1,4-11,23H2,2-3H3/b16-12-,26-20+. The van der Waals surface area contributed by atoms with Gasteiger partial charge in [0, 0.05) is 37.6 Å². The van der Waals surface area contributed by atoms with E-state index in [-0.39, 0.29) is 0 Å². The highest BCUT2D eigenvalue weighted by Crippen LogP contribution is 2.33. The molecule has 2 N–H and O–H groups in total. The van der Waals surface area contributed by atoms with E-state index in [9.17, 15) is 0 Å². The second kappa shape index (κ2) is 9.41. The summed E-state index contributed by atoms with van der Waals surface area (Å²) in [5, 5.41) is 0.583. The molecule has 2 aliphatic rings.